The van der Waals surface area contributed by atoms with E-state index in [-0.39, 0.29) is 6.04 Å². The fourth-order valence-electron chi connectivity index (χ4n) is 2.57. The van der Waals surface area contributed by atoms with Crippen molar-refractivity contribution in [3.8, 4) is 0 Å². The van der Waals surface area contributed by atoms with Crippen LogP contribution in [0.4, 0.5) is 10.1 Å². The summed E-state index contributed by atoms with van der Waals surface area (Å²) in [6.45, 7) is 2.63. The van der Waals surface area contributed by atoms with E-state index >= 15 is 0 Å². The summed E-state index contributed by atoms with van der Waals surface area (Å²) in [5, 5.41) is 2.45. The zero-order chi connectivity index (χ0) is 14.5. The van der Waals surface area contributed by atoms with Gasteiger partial charge in [0, 0.05) is 18.3 Å². The van der Waals surface area contributed by atoms with E-state index in [1.54, 1.807) is 11.0 Å². The van der Waals surface area contributed by atoms with Gasteiger partial charge in [-0.3, -0.25) is 9.59 Å². The molecule has 1 aromatic carbocycles. The Morgan fingerprint density at radius 1 is 1.40 bits per heavy atom. The zero-order valence-corrected chi connectivity index (χ0v) is 11.6. The van der Waals surface area contributed by atoms with Gasteiger partial charge in [-0.2, -0.15) is 0 Å². The van der Waals surface area contributed by atoms with E-state index in [0.717, 1.165) is 25.7 Å². The molecule has 0 saturated carbocycles. The smallest absolute Gasteiger partial charge is 0.313 e. The molecule has 0 aliphatic carbocycles. The number of hydrogen-bond acceptors (Lipinski definition) is 2. The van der Waals surface area contributed by atoms with Crippen LogP contribution in [0.5, 0.6) is 0 Å². The fourth-order valence-corrected chi connectivity index (χ4v) is 2.57. The Hall–Kier alpha value is -1.91. The molecule has 0 spiro atoms. The molecule has 4 nitrogen and oxygen atoms in total. The highest BCUT2D eigenvalue weighted by Crippen LogP contribution is 2.20. The molecule has 0 bridgehead atoms. The fraction of sp³-hybridized carbons (Fsp3) is 0.467. The molecule has 1 aliphatic rings. The van der Waals surface area contributed by atoms with Crippen molar-refractivity contribution in [3.63, 3.8) is 0 Å². The molecule has 2 rings (SSSR count). The number of amides is 2. The first kappa shape index (κ1) is 14.5. The Morgan fingerprint density at radius 2 is 2.20 bits per heavy atom. The predicted molar refractivity (Wildman–Crippen MR) is 74.7 cm³/mol. The number of rotatable bonds is 2. The summed E-state index contributed by atoms with van der Waals surface area (Å²) in [5.74, 6) is -1.67. The van der Waals surface area contributed by atoms with Gasteiger partial charge in [-0.1, -0.05) is 13.0 Å². The zero-order valence-electron chi connectivity index (χ0n) is 11.6. The number of nitrogens with one attached hydrogen (secondary N) is 1. The number of nitrogens with zero attached hydrogens (tertiary/aromatic N) is 1. The van der Waals surface area contributed by atoms with Gasteiger partial charge in [-0.15, -0.1) is 0 Å². The predicted octanol–water partition coefficient (Wildman–Crippen LogP) is 2.56. The number of carbonyl (C=O) groups excluding carboxylic acids is 2. The second-order valence-electron chi connectivity index (χ2n) is 5.02. The van der Waals surface area contributed by atoms with Crippen molar-refractivity contribution in [1.29, 1.82) is 0 Å². The molecular formula is C15H19FN2O2. The minimum Gasteiger partial charge on any atom is -0.331 e. The number of hydrogen-bond donors (Lipinski definition) is 1. The maximum absolute atomic E-state index is 13.0. The second kappa shape index (κ2) is 6.50. The SMILES string of the molecule is CCC1CCCCN1C(=O)C(=O)Nc1cccc(F)c1. The van der Waals surface area contributed by atoms with Crippen LogP contribution in [-0.4, -0.2) is 29.3 Å². The lowest BCUT2D eigenvalue weighted by Crippen LogP contribution is -2.48. The van der Waals surface area contributed by atoms with Gasteiger partial charge in [-0.25, -0.2) is 4.39 Å². The third-order valence-electron chi connectivity index (χ3n) is 3.64. The van der Waals surface area contributed by atoms with Crippen LogP contribution in [0.1, 0.15) is 32.6 Å². The highest BCUT2D eigenvalue weighted by atomic mass is 19.1. The van der Waals surface area contributed by atoms with Crippen molar-refractivity contribution in [2.45, 2.75) is 38.6 Å². The van der Waals surface area contributed by atoms with Crippen LogP contribution in [0, 0.1) is 5.82 Å². The molecule has 1 aliphatic heterocycles. The van der Waals surface area contributed by atoms with Crippen molar-refractivity contribution in [1.82, 2.24) is 4.90 Å². The topological polar surface area (TPSA) is 49.4 Å². The first-order chi connectivity index (χ1) is 9.61. The number of piperidine rings is 1. The molecule has 1 atom stereocenters. The van der Waals surface area contributed by atoms with Gasteiger partial charge in [0.05, 0.1) is 0 Å². The quantitative estimate of drug-likeness (QED) is 0.845. The first-order valence-corrected chi connectivity index (χ1v) is 6.99. The Bertz CT molecular complexity index is 504. The van der Waals surface area contributed by atoms with Crippen molar-refractivity contribution < 1.29 is 14.0 Å². The largest absolute Gasteiger partial charge is 0.331 e. The summed E-state index contributed by atoms with van der Waals surface area (Å²) >= 11 is 0. The lowest BCUT2D eigenvalue weighted by molar-refractivity contribution is -0.145. The number of benzene rings is 1. The Labute approximate surface area is 118 Å². The summed E-state index contributed by atoms with van der Waals surface area (Å²) in [7, 11) is 0. The van der Waals surface area contributed by atoms with Crippen LogP contribution in [0.15, 0.2) is 24.3 Å². The molecule has 2 amide bonds. The molecule has 5 heteroatoms. The highest BCUT2D eigenvalue weighted by molar-refractivity contribution is 6.39. The van der Waals surface area contributed by atoms with Crippen LogP contribution in [0.3, 0.4) is 0 Å². The lowest BCUT2D eigenvalue weighted by Gasteiger charge is -2.34. The lowest BCUT2D eigenvalue weighted by atomic mass is 10.00. The third-order valence-corrected chi connectivity index (χ3v) is 3.64. The van der Waals surface area contributed by atoms with Gasteiger partial charge >= 0.3 is 11.8 Å². The van der Waals surface area contributed by atoms with Crippen molar-refractivity contribution in [3.05, 3.63) is 30.1 Å². The molecule has 1 unspecified atom stereocenters. The number of anilines is 1. The third kappa shape index (κ3) is 3.35. The van der Waals surface area contributed by atoms with Crippen LogP contribution >= 0.6 is 0 Å². The molecule has 108 valence electrons. The second-order valence-corrected chi connectivity index (χ2v) is 5.02. The van der Waals surface area contributed by atoms with Crippen molar-refractivity contribution in [2.24, 2.45) is 0 Å². The monoisotopic (exact) mass is 278 g/mol. The Morgan fingerprint density at radius 3 is 2.90 bits per heavy atom. The van der Waals surface area contributed by atoms with Gasteiger partial charge in [0.25, 0.3) is 0 Å². The molecule has 1 N–H and O–H groups in total. The maximum atomic E-state index is 13.0. The summed E-state index contributed by atoms with van der Waals surface area (Å²) in [6, 6.07) is 5.66. The normalized spacial score (nSPS) is 18.7. The molecule has 1 aromatic rings. The van der Waals surface area contributed by atoms with E-state index in [1.807, 2.05) is 6.92 Å². The summed E-state index contributed by atoms with van der Waals surface area (Å²) < 4.78 is 13.0. The van der Waals surface area contributed by atoms with Crippen LogP contribution in [-0.2, 0) is 9.59 Å². The molecular weight excluding hydrogens is 259 g/mol. The first-order valence-electron chi connectivity index (χ1n) is 6.99. The molecule has 1 fully saturated rings. The number of carbonyl (C=O) groups is 2. The molecule has 0 aromatic heterocycles. The molecule has 0 radical (unpaired) electrons. The average molecular weight is 278 g/mol. The minimum absolute atomic E-state index is 0.134. The summed E-state index contributed by atoms with van der Waals surface area (Å²) in [6.07, 6.45) is 3.80. The Balaban J connectivity index is 2.02. The van der Waals surface area contributed by atoms with E-state index in [9.17, 15) is 14.0 Å². The van der Waals surface area contributed by atoms with Crippen molar-refractivity contribution >= 4 is 17.5 Å². The standard InChI is InChI=1S/C15H19FN2O2/c1-2-13-8-3-4-9-18(13)15(20)14(19)17-12-7-5-6-11(16)10-12/h5-7,10,13H,2-4,8-9H2,1H3,(H,17,19). The van der Waals surface area contributed by atoms with Crippen LogP contribution < -0.4 is 5.32 Å². The van der Waals surface area contributed by atoms with E-state index in [1.165, 1.54) is 18.2 Å². The summed E-state index contributed by atoms with van der Waals surface area (Å²) in [4.78, 5) is 25.8. The van der Waals surface area contributed by atoms with Crippen LogP contribution in [0.2, 0.25) is 0 Å². The van der Waals surface area contributed by atoms with E-state index < -0.39 is 17.6 Å². The van der Waals surface area contributed by atoms with E-state index in [2.05, 4.69) is 5.32 Å². The molecule has 20 heavy (non-hydrogen) atoms. The van der Waals surface area contributed by atoms with Gasteiger partial charge in [0.15, 0.2) is 0 Å². The average Bonchev–Trinajstić information content (AvgIpc) is 2.46. The maximum Gasteiger partial charge on any atom is 0.313 e. The van der Waals surface area contributed by atoms with E-state index in [0.29, 0.717) is 12.2 Å². The van der Waals surface area contributed by atoms with Gasteiger partial charge < -0.3 is 10.2 Å². The Kier molecular flexibility index (Phi) is 4.71. The van der Waals surface area contributed by atoms with Crippen LogP contribution in [0.25, 0.3) is 0 Å². The molecule has 1 saturated heterocycles. The molecule has 1 heterocycles. The number of likely N-dealkylation sites (tertiary alicyclic amines) is 1. The van der Waals surface area contributed by atoms with Gasteiger partial charge in [-0.05, 0) is 43.9 Å². The van der Waals surface area contributed by atoms with Gasteiger partial charge in [0.1, 0.15) is 5.82 Å². The van der Waals surface area contributed by atoms with E-state index in [4.69, 9.17) is 0 Å². The van der Waals surface area contributed by atoms with Crippen molar-refractivity contribution in [2.75, 3.05) is 11.9 Å². The highest BCUT2D eigenvalue weighted by Gasteiger charge is 2.29. The summed E-state index contributed by atoms with van der Waals surface area (Å²) in [5.41, 5.74) is 0.299. The minimum atomic E-state index is -0.698. The van der Waals surface area contributed by atoms with Gasteiger partial charge in [0.2, 0.25) is 0 Å². The number of halogens is 1.